The second-order valence-electron chi connectivity index (χ2n) is 9.42. The lowest BCUT2D eigenvalue weighted by Gasteiger charge is -2.26. The summed E-state index contributed by atoms with van der Waals surface area (Å²) in [6.07, 6.45) is 0. The molecule has 0 radical (unpaired) electrons. The van der Waals surface area contributed by atoms with Crippen molar-refractivity contribution in [1.82, 2.24) is 19.8 Å². The fraction of sp³-hybridized carbons (Fsp3) is 0.556. The van der Waals surface area contributed by atoms with E-state index in [4.69, 9.17) is 28.9 Å². The second kappa shape index (κ2) is 11.0. The number of benzene rings is 1. The van der Waals surface area contributed by atoms with Crippen molar-refractivity contribution in [2.75, 3.05) is 78.9 Å². The van der Waals surface area contributed by atoms with Crippen molar-refractivity contribution in [3.05, 3.63) is 35.2 Å². The van der Waals surface area contributed by atoms with Crippen LogP contribution < -0.4 is 9.47 Å². The van der Waals surface area contributed by atoms with E-state index >= 15 is 0 Å². The zero-order chi connectivity index (χ0) is 24.2. The van der Waals surface area contributed by atoms with Crippen LogP contribution in [0.2, 0.25) is 0 Å². The normalized spacial score (nSPS) is 17.8. The molecule has 0 bridgehead atoms. The van der Waals surface area contributed by atoms with Crippen LogP contribution in [0.5, 0.6) is 11.5 Å². The van der Waals surface area contributed by atoms with Crippen LogP contribution in [0, 0.1) is 20.8 Å². The predicted octanol–water partition coefficient (Wildman–Crippen LogP) is 3.13. The van der Waals surface area contributed by atoms with Crippen LogP contribution in [-0.2, 0) is 9.47 Å². The minimum absolute atomic E-state index is 0.630. The van der Waals surface area contributed by atoms with E-state index in [0.717, 1.165) is 116 Å². The summed E-state index contributed by atoms with van der Waals surface area (Å²) in [5, 5.41) is 2.01. The number of hydrogen-bond donors (Lipinski definition) is 0. The van der Waals surface area contributed by atoms with Crippen LogP contribution in [0.1, 0.15) is 17.0 Å². The highest BCUT2D eigenvalue weighted by Gasteiger charge is 2.17. The van der Waals surface area contributed by atoms with Gasteiger partial charge in [0.25, 0.3) is 0 Å². The minimum Gasteiger partial charge on any atom is -0.491 e. The van der Waals surface area contributed by atoms with E-state index in [9.17, 15) is 0 Å². The van der Waals surface area contributed by atoms with E-state index in [1.165, 1.54) is 0 Å². The van der Waals surface area contributed by atoms with Gasteiger partial charge in [-0.25, -0.2) is 0 Å². The Labute approximate surface area is 207 Å². The molecule has 0 spiro atoms. The third kappa shape index (κ3) is 5.67. The molecule has 35 heavy (non-hydrogen) atoms. The fourth-order valence-corrected chi connectivity index (χ4v) is 4.87. The number of rotatable bonds is 8. The SMILES string of the molecule is Cc1cc(OCCN2CCOCC2)c2cc3c(OCCN4CCOCC4)cc(C)nc3c(C)c2n1. The quantitative estimate of drug-likeness (QED) is 0.456. The van der Waals surface area contributed by atoms with Crippen molar-refractivity contribution in [3.8, 4) is 11.5 Å². The highest BCUT2D eigenvalue weighted by molar-refractivity contribution is 6.03. The summed E-state index contributed by atoms with van der Waals surface area (Å²) >= 11 is 0. The molecule has 8 heteroatoms. The van der Waals surface area contributed by atoms with Gasteiger partial charge in [0.05, 0.1) is 37.5 Å². The Balaban J connectivity index is 1.42. The first-order valence-electron chi connectivity index (χ1n) is 12.7. The van der Waals surface area contributed by atoms with Gasteiger partial charge in [-0.1, -0.05) is 0 Å². The molecular formula is C27H36N4O4. The topological polar surface area (TPSA) is 69.2 Å². The summed E-state index contributed by atoms with van der Waals surface area (Å²) in [6, 6.07) is 6.21. The maximum Gasteiger partial charge on any atom is 0.130 e. The number of pyridine rings is 2. The Morgan fingerprint density at radius 3 is 1.54 bits per heavy atom. The van der Waals surface area contributed by atoms with Gasteiger partial charge in [-0.3, -0.25) is 19.8 Å². The third-order valence-electron chi connectivity index (χ3n) is 6.83. The van der Waals surface area contributed by atoms with E-state index in [1.54, 1.807) is 0 Å². The van der Waals surface area contributed by atoms with E-state index in [-0.39, 0.29) is 0 Å². The summed E-state index contributed by atoms with van der Waals surface area (Å²) in [7, 11) is 0. The van der Waals surface area contributed by atoms with Gasteiger partial charge in [-0.2, -0.15) is 0 Å². The van der Waals surface area contributed by atoms with Gasteiger partial charge < -0.3 is 18.9 Å². The lowest BCUT2D eigenvalue weighted by Crippen LogP contribution is -2.38. The molecule has 0 atom stereocenters. The van der Waals surface area contributed by atoms with Crippen molar-refractivity contribution < 1.29 is 18.9 Å². The van der Waals surface area contributed by atoms with Crippen LogP contribution in [0.3, 0.4) is 0 Å². The molecule has 2 aliphatic heterocycles. The third-order valence-corrected chi connectivity index (χ3v) is 6.83. The minimum atomic E-state index is 0.630. The highest BCUT2D eigenvalue weighted by atomic mass is 16.5. The molecule has 4 heterocycles. The summed E-state index contributed by atoms with van der Waals surface area (Å²) < 4.78 is 23.6. The lowest BCUT2D eigenvalue weighted by molar-refractivity contribution is 0.0322. The number of aromatic nitrogens is 2. The molecule has 2 saturated heterocycles. The van der Waals surface area contributed by atoms with Gasteiger partial charge in [0.2, 0.25) is 0 Å². The van der Waals surface area contributed by atoms with Crippen LogP contribution in [-0.4, -0.2) is 98.7 Å². The molecule has 1 aromatic carbocycles. The maximum atomic E-state index is 6.33. The molecule has 2 aliphatic rings. The average molecular weight is 481 g/mol. The molecule has 188 valence electrons. The number of ether oxygens (including phenoxy) is 4. The molecule has 0 N–H and O–H groups in total. The van der Waals surface area contributed by atoms with Gasteiger partial charge in [-0.15, -0.1) is 0 Å². The molecule has 0 saturated carbocycles. The van der Waals surface area contributed by atoms with Crippen LogP contribution >= 0.6 is 0 Å². The Bertz CT molecular complexity index is 1090. The van der Waals surface area contributed by atoms with Gasteiger partial charge in [0.15, 0.2) is 0 Å². The standard InChI is InChI=1S/C27H36N4O4/c1-19-16-24(34-14-8-30-4-10-32-11-5-30)22-18-23-25(35-15-9-31-6-12-33-13-7-31)17-20(2)29-27(23)21(3)26(22)28-19/h16-18H,4-15H2,1-3H3. The van der Waals surface area contributed by atoms with E-state index in [2.05, 4.69) is 22.8 Å². The molecule has 2 aromatic heterocycles. The number of aryl methyl sites for hydroxylation is 3. The Morgan fingerprint density at radius 1 is 0.686 bits per heavy atom. The van der Waals surface area contributed by atoms with Crippen molar-refractivity contribution in [2.45, 2.75) is 20.8 Å². The Kier molecular flexibility index (Phi) is 7.63. The first-order valence-corrected chi connectivity index (χ1v) is 12.7. The number of morpholine rings is 2. The maximum absolute atomic E-state index is 6.33. The monoisotopic (exact) mass is 480 g/mol. The number of hydrogen-bond acceptors (Lipinski definition) is 8. The molecule has 2 fully saturated rings. The Hall–Kier alpha value is -2.52. The van der Waals surface area contributed by atoms with Crippen LogP contribution in [0.15, 0.2) is 18.2 Å². The predicted molar refractivity (Wildman–Crippen MR) is 137 cm³/mol. The van der Waals surface area contributed by atoms with Crippen molar-refractivity contribution >= 4 is 21.8 Å². The first-order chi connectivity index (χ1) is 17.1. The van der Waals surface area contributed by atoms with E-state index < -0.39 is 0 Å². The number of fused-ring (bicyclic) bond motifs is 2. The smallest absolute Gasteiger partial charge is 0.130 e. The zero-order valence-corrected chi connectivity index (χ0v) is 21.1. The summed E-state index contributed by atoms with van der Waals surface area (Å²) in [6.45, 7) is 16.2. The molecule has 0 amide bonds. The van der Waals surface area contributed by atoms with Crippen molar-refractivity contribution in [3.63, 3.8) is 0 Å². The zero-order valence-electron chi connectivity index (χ0n) is 21.1. The van der Waals surface area contributed by atoms with Crippen molar-refractivity contribution in [2.24, 2.45) is 0 Å². The second-order valence-corrected chi connectivity index (χ2v) is 9.42. The highest BCUT2D eigenvalue weighted by Crippen LogP contribution is 2.36. The van der Waals surface area contributed by atoms with Gasteiger partial charge in [0, 0.05) is 79.1 Å². The summed E-state index contributed by atoms with van der Waals surface area (Å²) in [4.78, 5) is 14.5. The molecule has 5 rings (SSSR count). The first kappa shape index (κ1) is 24.2. The summed E-state index contributed by atoms with van der Waals surface area (Å²) in [5.41, 5.74) is 4.82. The van der Waals surface area contributed by atoms with Crippen molar-refractivity contribution in [1.29, 1.82) is 0 Å². The van der Waals surface area contributed by atoms with Gasteiger partial charge in [-0.05, 0) is 26.8 Å². The number of nitrogens with zero attached hydrogens (tertiary/aromatic N) is 4. The van der Waals surface area contributed by atoms with Gasteiger partial charge >= 0.3 is 0 Å². The molecule has 0 aliphatic carbocycles. The summed E-state index contributed by atoms with van der Waals surface area (Å²) in [5.74, 6) is 1.73. The fourth-order valence-electron chi connectivity index (χ4n) is 4.87. The van der Waals surface area contributed by atoms with E-state index in [1.807, 2.05) is 26.0 Å². The lowest BCUT2D eigenvalue weighted by atomic mass is 10.0. The average Bonchev–Trinajstić information content (AvgIpc) is 2.86. The molecule has 0 unspecified atom stereocenters. The van der Waals surface area contributed by atoms with E-state index in [0.29, 0.717) is 13.2 Å². The Morgan fingerprint density at radius 2 is 1.11 bits per heavy atom. The largest absolute Gasteiger partial charge is 0.491 e. The molecule has 3 aromatic rings. The van der Waals surface area contributed by atoms with Crippen LogP contribution in [0.25, 0.3) is 21.8 Å². The van der Waals surface area contributed by atoms with Gasteiger partial charge in [0.1, 0.15) is 24.7 Å². The molecular weight excluding hydrogens is 444 g/mol. The van der Waals surface area contributed by atoms with Crippen LogP contribution in [0.4, 0.5) is 0 Å². The molecule has 8 nitrogen and oxygen atoms in total.